The highest BCUT2D eigenvalue weighted by molar-refractivity contribution is 7.90. The Kier molecular flexibility index (Phi) is 3.56. The zero-order valence-corrected chi connectivity index (χ0v) is 9.74. The number of rotatable bonds is 5. The lowest BCUT2D eigenvalue weighted by molar-refractivity contribution is 0.312. The summed E-state index contributed by atoms with van der Waals surface area (Å²) in [7, 11) is -3.27. The molecule has 0 unspecified atom stereocenters. The summed E-state index contributed by atoms with van der Waals surface area (Å²) in [6.45, 7) is 3.49. The minimum absolute atomic E-state index is 0.0486. The topological polar surface area (TPSA) is 96.0 Å². The zero-order chi connectivity index (χ0) is 11.6. The van der Waals surface area contributed by atoms with E-state index in [9.17, 15) is 8.42 Å². The van der Waals surface area contributed by atoms with Crippen molar-refractivity contribution < 1.29 is 13.6 Å². The van der Waals surface area contributed by atoms with Gasteiger partial charge in [-0.1, -0.05) is 5.16 Å². The highest BCUT2D eigenvalue weighted by Crippen LogP contribution is 2.31. The van der Waals surface area contributed by atoms with E-state index in [1.54, 1.807) is 13.8 Å². The molecule has 0 aliphatic heterocycles. The van der Waals surface area contributed by atoms with Gasteiger partial charge < -0.3 is 10.9 Å². The summed E-state index contributed by atoms with van der Waals surface area (Å²) in [5, 5.41) is 10.9. The van der Waals surface area contributed by atoms with Crippen molar-refractivity contribution in [3.05, 3.63) is 0 Å². The Morgan fingerprint density at radius 2 is 2.13 bits per heavy atom. The molecule has 0 radical (unpaired) electrons. The smallest absolute Gasteiger partial charge is 0.217 e. The third-order valence-electron chi connectivity index (χ3n) is 2.29. The normalized spacial score (nSPS) is 18.8. The third-order valence-corrected chi connectivity index (χ3v) is 4.81. The lowest BCUT2D eigenvalue weighted by Gasteiger charge is -2.25. The molecule has 3 N–H and O–H groups in total. The molecule has 1 rings (SSSR count). The monoisotopic (exact) mass is 235 g/mol. The first-order valence-corrected chi connectivity index (χ1v) is 6.37. The number of amidine groups is 1. The van der Waals surface area contributed by atoms with Crippen molar-refractivity contribution in [3.8, 4) is 0 Å². The molecule has 7 heteroatoms. The van der Waals surface area contributed by atoms with Crippen molar-refractivity contribution in [2.75, 3.05) is 6.54 Å². The molecule has 6 nitrogen and oxygen atoms in total. The van der Waals surface area contributed by atoms with Crippen LogP contribution < -0.4 is 5.73 Å². The Bertz CT molecular complexity index is 346. The molecule has 0 bridgehead atoms. The van der Waals surface area contributed by atoms with Crippen molar-refractivity contribution in [1.82, 2.24) is 4.31 Å². The van der Waals surface area contributed by atoms with Crippen LogP contribution in [-0.2, 0) is 10.0 Å². The second kappa shape index (κ2) is 4.36. The number of oxime groups is 1. The van der Waals surface area contributed by atoms with E-state index in [-0.39, 0.29) is 23.7 Å². The minimum atomic E-state index is -3.27. The van der Waals surface area contributed by atoms with Gasteiger partial charge in [0.25, 0.3) is 0 Å². The van der Waals surface area contributed by atoms with E-state index >= 15 is 0 Å². The molecule has 0 spiro atoms. The van der Waals surface area contributed by atoms with Gasteiger partial charge in [0.15, 0.2) is 5.84 Å². The van der Waals surface area contributed by atoms with Crippen LogP contribution in [0.5, 0.6) is 0 Å². The zero-order valence-electron chi connectivity index (χ0n) is 8.92. The van der Waals surface area contributed by atoms with Crippen molar-refractivity contribution in [2.24, 2.45) is 10.9 Å². The number of hydrogen-bond donors (Lipinski definition) is 2. The van der Waals surface area contributed by atoms with Crippen molar-refractivity contribution in [3.63, 3.8) is 0 Å². The average Bonchev–Trinajstić information content (AvgIpc) is 2.95. The first kappa shape index (κ1) is 12.3. The average molecular weight is 235 g/mol. The highest BCUT2D eigenvalue weighted by Gasteiger charge is 2.41. The predicted molar refractivity (Wildman–Crippen MR) is 57.2 cm³/mol. The molecule has 0 aromatic rings. The van der Waals surface area contributed by atoms with Crippen LogP contribution in [0.3, 0.4) is 0 Å². The Balaban J connectivity index is 2.82. The van der Waals surface area contributed by atoms with Crippen LogP contribution >= 0.6 is 0 Å². The molecule has 0 amide bonds. The van der Waals surface area contributed by atoms with Gasteiger partial charge in [0.2, 0.25) is 10.0 Å². The number of hydrogen-bond acceptors (Lipinski definition) is 4. The van der Waals surface area contributed by atoms with Gasteiger partial charge in [0.05, 0.1) is 11.8 Å². The molecule has 15 heavy (non-hydrogen) atoms. The van der Waals surface area contributed by atoms with E-state index in [1.165, 1.54) is 4.31 Å². The van der Waals surface area contributed by atoms with Crippen LogP contribution in [0, 0.1) is 0 Å². The van der Waals surface area contributed by atoms with Crippen LogP contribution in [0.1, 0.15) is 26.7 Å². The maximum atomic E-state index is 11.9. The molecular formula is C8H17N3O3S. The van der Waals surface area contributed by atoms with Gasteiger partial charge >= 0.3 is 0 Å². The highest BCUT2D eigenvalue weighted by atomic mass is 32.2. The molecule has 88 valence electrons. The van der Waals surface area contributed by atoms with Gasteiger partial charge in [-0.05, 0) is 26.7 Å². The fourth-order valence-corrected chi connectivity index (χ4v) is 3.33. The van der Waals surface area contributed by atoms with E-state index in [2.05, 4.69) is 5.16 Å². The minimum Gasteiger partial charge on any atom is -0.409 e. The summed E-state index contributed by atoms with van der Waals surface area (Å²) < 4.78 is 25.1. The summed E-state index contributed by atoms with van der Waals surface area (Å²) in [5.41, 5.74) is 5.32. The molecule has 0 heterocycles. The van der Waals surface area contributed by atoms with E-state index < -0.39 is 10.0 Å². The summed E-state index contributed by atoms with van der Waals surface area (Å²) in [6.07, 6.45) is 1.42. The van der Waals surface area contributed by atoms with Gasteiger partial charge in [0, 0.05) is 6.04 Å². The predicted octanol–water partition coefficient (Wildman–Crippen LogP) is -0.0646. The van der Waals surface area contributed by atoms with Gasteiger partial charge in [-0.3, -0.25) is 0 Å². The molecule has 1 fully saturated rings. The molecule has 0 aromatic carbocycles. The molecule has 1 aliphatic rings. The summed E-state index contributed by atoms with van der Waals surface area (Å²) in [5.74, 6) is -0.0899. The van der Waals surface area contributed by atoms with E-state index in [0.717, 1.165) is 0 Å². The Morgan fingerprint density at radius 1 is 1.60 bits per heavy atom. The van der Waals surface area contributed by atoms with Crippen LogP contribution in [0.15, 0.2) is 5.16 Å². The van der Waals surface area contributed by atoms with Gasteiger partial charge in [-0.2, -0.15) is 4.31 Å². The van der Waals surface area contributed by atoms with Gasteiger partial charge in [-0.25, -0.2) is 8.42 Å². The number of sulfonamides is 1. The molecule has 1 aliphatic carbocycles. The summed E-state index contributed by atoms with van der Waals surface area (Å²) >= 11 is 0. The molecular weight excluding hydrogens is 218 g/mol. The van der Waals surface area contributed by atoms with Gasteiger partial charge in [0.1, 0.15) is 0 Å². The Labute approximate surface area is 89.8 Å². The maximum Gasteiger partial charge on any atom is 0.217 e. The first-order valence-electron chi connectivity index (χ1n) is 4.86. The first-order chi connectivity index (χ1) is 6.89. The van der Waals surface area contributed by atoms with Crippen molar-refractivity contribution >= 4 is 15.9 Å². The fourth-order valence-electron chi connectivity index (χ4n) is 1.32. The standard InChI is InChI=1S/C8H17N3O3S/c1-6(2)11(5-8(9)10-12)15(13,14)7-3-4-7/h6-7,12H,3-5H2,1-2H3,(H2,9,10). The molecule has 0 saturated heterocycles. The Morgan fingerprint density at radius 3 is 2.47 bits per heavy atom. The Hall–Kier alpha value is -0.820. The molecule has 1 saturated carbocycles. The van der Waals surface area contributed by atoms with Crippen LogP contribution in [-0.4, -0.2) is 41.6 Å². The molecule has 0 aromatic heterocycles. The third kappa shape index (κ3) is 2.82. The van der Waals surface area contributed by atoms with Crippen molar-refractivity contribution in [2.45, 2.75) is 38.0 Å². The van der Waals surface area contributed by atoms with E-state index in [4.69, 9.17) is 10.9 Å². The SMILES string of the molecule is CC(C)N(CC(N)=NO)S(=O)(=O)C1CC1. The number of nitrogens with two attached hydrogens (primary N) is 1. The summed E-state index contributed by atoms with van der Waals surface area (Å²) in [4.78, 5) is 0. The van der Waals surface area contributed by atoms with Crippen molar-refractivity contribution in [1.29, 1.82) is 0 Å². The maximum absolute atomic E-state index is 11.9. The fraction of sp³-hybridized carbons (Fsp3) is 0.875. The second-order valence-corrected chi connectivity index (χ2v) is 6.14. The van der Waals surface area contributed by atoms with Crippen LogP contribution in [0.2, 0.25) is 0 Å². The quantitative estimate of drug-likeness (QED) is 0.302. The van der Waals surface area contributed by atoms with E-state index in [1.807, 2.05) is 0 Å². The molecule has 0 atom stereocenters. The second-order valence-electron chi connectivity index (χ2n) is 3.97. The number of nitrogens with zero attached hydrogens (tertiary/aromatic N) is 2. The summed E-state index contributed by atoms with van der Waals surface area (Å²) in [6, 6.07) is -0.184. The van der Waals surface area contributed by atoms with Gasteiger partial charge in [-0.15, -0.1) is 0 Å². The van der Waals surface area contributed by atoms with Crippen LogP contribution in [0.25, 0.3) is 0 Å². The van der Waals surface area contributed by atoms with E-state index in [0.29, 0.717) is 12.8 Å². The largest absolute Gasteiger partial charge is 0.409 e. The van der Waals surface area contributed by atoms with Crippen LogP contribution in [0.4, 0.5) is 0 Å². The lowest BCUT2D eigenvalue weighted by atomic mass is 10.4. The lowest BCUT2D eigenvalue weighted by Crippen LogP contribution is -2.44.